The minimum Gasteiger partial charge on any atom is -0.748 e. The average molecular weight is 665 g/mol. The fraction of sp³-hybridized carbons (Fsp3) is 0.375. The number of aromatic carboxylic acids is 1. The van der Waals surface area contributed by atoms with E-state index in [2.05, 4.69) is 4.90 Å². The number of anilines is 1. The van der Waals surface area contributed by atoms with Crippen LogP contribution in [0, 0.1) is 0 Å². The van der Waals surface area contributed by atoms with E-state index in [1.165, 1.54) is 12.1 Å². The van der Waals surface area contributed by atoms with Gasteiger partial charge in [-0.15, -0.1) is 0 Å². The van der Waals surface area contributed by atoms with Gasteiger partial charge in [0.05, 0.1) is 26.0 Å². The number of hydrogen-bond donors (Lipinski definition) is 1. The Hall–Kier alpha value is -2.58. The number of hydrogen-bond acceptors (Lipinski definition) is 8. The van der Waals surface area contributed by atoms with E-state index in [4.69, 9.17) is 0 Å². The van der Waals surface area contributed by atoms with Crippen LogP contribution in [0.15, 0.2) is 77.4 Å². The number of allylic oxidation sites excluding steroid dienone is 6. The Balaban J connectivity index is 0.00000552. The molecule has 2 aromatic carbocycles. The van der Waals surface area contributed by atoms with Gasteiger partial charge in [-0.3, -0.25) is 0 Å². The minimum absolute atomic E-state index is 0. The van der Waals surface area contributed by atoms with E-state index in [1.54, 1.807) is 24.3 Å². The molecule has 0 atom stereocenters. The van der Waals surface area contributed by atoms with Gasteiger partial charge in [0.2, 0.25) is 5.69 Å². The van der Waals surface area contributed by atoms with Crippen LogP contribution in [-0.4, -0.2) is 66.1 Å². The number of fused-ring (bicyclic) bond motifs is 2. The first-order valence-electron chi connectivity index (χ1n) is 14.3. The van der Waals surface area contributed by atoms with Crippen molar-refractivity contribution in [3.63, 3.8) is 0 Å². The van der Waals surface area contributed by atoms with Gasteiger partial charge in [0.25, 0.3) is 0 Å². The summed E-state index contributed by atoms with van der Waals surface area (Å²) in [6.07, 6.45) is 10.2. The summed E-state index contributed by atoms with van der Waals surface area (Å²) in [7, 11) is -8.90. The number of rotatable bonds is 11. The summed E-state index contributed by atoms with van der Waals surface area (Å²) in [6, 6.07) is 9.43. The molecule has 0 saturated heterocycles. The number of likely N-dealkylation sites (N-methyl/N-ethyl adjacent to an activating group) is 1. The van der Waals surface area contributed by atoms with Crippen LogP contribution in [0.25, 0.3) is 0 Å². The number of carbonyl (C=O) groups is 1. The molecule has 0 unspecified atom stereocenters. The van der Waals surface area contributed by atoms with Crippen molar-refractivity contribution in [3.05, 3.63) is 89.2 Å². The van der Waals surface area contributed by atoms with Gasteiger partial charge < -0.3 is 19.1 Å². The van der Waals surface area contributed by atoms with Crippen LogP contribution >= 0.6 is 0 Å². The third kappa shape index (κ3) is 7.70. The molecule has 45 heavy (non-hydrogen) atoms. The van der Waals surface area contributed by atoms with Crippen LogP contribution in [0.5, 0.6) is 0 Å². The van der Waals surface area contributed by atoms with E-state index in [9.17, 15) is 35.8 Å². The second-order valence-corrected chi connectivity index (χ2v) is 14.9. The molecule has 0 aliphatic carbocycles. The summed E-state index contributed by atoms with van der Waals surface area (Å²) < 4.78 is 70.3. The molecule has 10 nitrogen and oxygen atoms in total. The molecular formula is C32H37N2NaO8S2. The summed E-state index contributed by atoms with van der Waals surface area (Å²) >= 11 is 0. The van der Waals surface area contributed by atoms with Gasteiger partial charge in [-0.25, -0.2) is 21.6 Å². The van der Waals surface area contributed by atoms with Crippen molar-refractivity contribution in [1.82, 2.24) is 0 Å². The van der Waals surface area contributed by atoms with Gasteiger partial charge in [-0.2, -0.15) is 4.58 Å². The summed E-state index contributed by atoms with van der Waals surface area (Å²) in [5.41, 5.74) is 4.18. The van der Waals surface area contributed by atoms with Crippen molar-refractivity contribution in [3.8, 4) is 0 Å². The Kier molecular flexibility index (Phi) is 11.2. The van der Waals surface area contributed by atoms with E-state index in [-0.39, 0.29) is 46.4 Å². The summed E-state index contributed by atoms with van der Waals surface area (Å²) in [5.74, 6) is -1.47. The van der Waals surface area contributed by atoms with Crippen LogP contribution in [-0.2, 0) is 31.1 Å². The Labute approximate surface area is 287 Å². The van der Waals surface area contributed by atoms with Crippen molar-refractivity contribution < 1.29 is 70.0 Å². The summed E-state index contributed by atoms with van der Waals surface area (Å²) in [4.78, 5) is 13.5. The van der Waals surface area contributed by atoms with Gasteiger partial charge in [0, 0.05) is 53.2 Å². The van der Waals surface area contributed by atoms with Crippen molar-refractivity contribution in [1.29, 1.82) is 0 Å². The van der Waals surface area contributed by atoms with Gasteiger partial charge in [-0.05, 0) is 69.2 Å². The van der Waals surface area contributed by atoms with Crippen LogP contribution in [0.4, 0.5) is 11.4 Å². The molecule has 1 N–H and O–H groups in total. The molecule has 0 fully saturated rings. The fourth-order valence-electron chi connectivity index (χ4n) is 6.11. The predicted octanol–water partition coefficient (Wildman–Crippen LogP) is 1.81. The smallest absolute Gasteiger partial charge is 0.748 e. The molecule has 0 saturated carbocycles. The molecule has 0 aromatic heterocycles. The third-order valence-corrected chi connectivity index (χ3v) is 9.98. The quantitative estimate of drug-likeness (QED) is 0.124. The molecule has 2 aromatic rings. The molecule has 4 rings (SSSR count). The molecule has 2 aliphatic rings. The second kappa shape index (κ2) is 13.6. The van der Waals surface area contributed by atoms with Crippen molar-refractivity contribution >= 4 is 43.3 Å². The number of carboxylic acids is 1. The van der Waals surface area contributed by atoms with Crippen molar-refractivity contribution in [2.45, 2.75) is 63.2 Å². The van der Waals surface area contributed by atoms with Crippen LogP contribution in [0.2, 0.25) is 0 Å². The fourth-order valence-corrected chi connectivity index (χ4v) is 7.16. The number of benzene rings is 2. The van der Waals surface area contributed by atoms with E-state index < -0.39 is 42.8 Å². The maximum absolute atomic E-state index is 11.7. The Morgan fingerprint density at radius 3 is 2.22 bits per heavy atom. The van der Waals surface area contributed by atoms with E-state index >= 15 is 0 Å². The van der Waals surface area contributed by atoms with Crippen molar-refractivity contribution in [2.24, 2.45) is 0 Å². The van der Waals surface area contributed by atoms with Gasteiger partial charge in [-0.1, -0.05) is 32.1 Å². The Morgan fingerprint density at radius 2 is 1.62 bits per heavy atom. The molecular weight excluding hydrogens is 627 g/mol. The van der Waals surface area contributed by atoms with Crippen LogP contribution < -0.4 is 34.5 Å². The zero-order chi connectivity index (χ0) is 32.7. The third-order valence-electron chi connectivity index (χ3n) is 8.36. The number of nitrogens with zero attached hydrogens (tertiary/aromatic N) is 2. The van der Waals surface area contributed by atoms with Gasteiger partial charge in [0.15, 0.2) is 5.71 Å². The van der Waals surface area contributed by atoms with Crippen molar-refractivity contribution in [2.75, 3.05) is 23.7 Å². The summed E-state index contributed by atoms with van der Waals surface area (Å²) in [5, 5.41) is 9.56. The predicted molar refractivity (Wildman–Crippen MR) is 167 cm³/mol. The minimum atomic E-state index is -4.59. The average Bonchev–Trinajstić information content (AvgIpc) is 3.27. The van der Waals surface area contributed by atoms with E-state index in [1.807, 2.05) is 69.6 Å². The largest absolute Gasteiger partial charge is 1.00 e. The molecule has 0 radical (unpaired) electrons. The SMILES string of the molecule is CCN1/C(=C/C=C/C=C/C2=[N+](CCCCS(=O)(=O)[O-])c3ccc(C(=O)O)cc3C2(C)C)C(C)(C)c2cc(S(=O)(=O)[O-])ccc21.[Na+]. The molecule has 2 aliphatic heterocycles. The maximum atomic E-state index is 11.7. The monoisotopic (exact) mass is 664 g/mol. The zero-order valence-corrected chi connectivity index (χ0v) is 30.0. The zero-order valence-electron chi connectivity index (χ0n) is 26.4. The summed E-state index contributed by atoms with van der Waals surface area (Å²) in [6.45, 7) is 11.0. The van der Waals surface area contributed by atoms with E-state index in [0.29, 0.717) is 19.5 Å². The van der Waals surface area contributed by atoms with Crippen LogP contribution in [0.3, 0.4) is 0 Å². The first kappa shape index (κ1) is 36.9. The number of carboxylic acid groups (broad SMARTS) is 1. The molecule has 236 valence electrons. The molecule has 13 heteroatoms. The first-order valence-corrected chi connectivity index (χ1v) is 17.3. The standard InChI is InChI=1S/C32H38N2O8S2.Na/c1-6-33-26-17-15-23(44(40,41)42)21-25(26)32(4,5)28(33)12-8-7-9-13-29-31(2,3)24-20-22(30(35)36)14-16-27(24)34(29)18-10-11-19-43(37,38)39;/h7-9,12-17,20-21H,6,10-11,18-19H2,1-5H3,(H2-,35,36,37,38,39,40,41,42);/q;+1/p-1. The molecule has 0 spiro atoms. The maximum Gasteiger partial charge on any atom is 1.00 e. The van der Waals surface area contributed by atoms with Gasteiger partial charge >= 0.3 is 35.5 Å². The van der Waals surface area contributed by atoms with Gasteiger partial charge in [0.1, 0.15) is 16.7 Å². The molecule has 0 bridgehead atoms. The number of unbranched alkanes of at least 4 members (excludes halogenated alkanes) is 1. The molecule has 2 heterocycles. The Morgan fingerprint density at radius 1 is 0.933 bits per heavy atom. The first-order chi connectivity index (χ1) is 20.4. The van der Waals surface area contributed by atoms with E-state index in [0.717, 1.165) is 33.9 Å². The molecule has 0 amide bonds. The van der Waals surface area contributed by atoms with Crippen LogP contribution in [0.1, 0.15) is 68.9 Å². The Bertz CT molecular complexity index is 1840. The second-order valence-electron chi connectivity index (χ2n) is 12.0. The normalized spacial score (nSPS) is 18.1. The topological polar surface area (TPSA) is 158 Å².